The maximum Gasteiger partial charge on any atom is 0.246 e. The summed E-state index contributed by atoms with van der Waals surface area (Å²) in [5.74, 6) is -0.864. The first-order valence-corrected chi connectivity index (χ1v) is 10.3. The van der Waals surface area contributed by atoms with Crippen molar-refractivity contribution in [2.24, 2.45) is 0 Å². The van der Waals surface area contributed by atoms with Gasteiger partial charge in [-0.3, -0.25) is 14.4 Å². The van der Waals surface area contributed by atoms with Crippen LogP contribution in [0.3, 0.4) is 0 Å². The standard InChI is InChI=1S/C17H25N3O3.C3H8.C2H6/c1-4-6-15(21)18-11-16(22)19-12(3)17(23)20-14-9-7-13(5-2)8-10-14;1-3-2;1-2/h7-10,12H,4-6,11H2,1-3H3,(H,18,21)(H,19,22)(H,20,23);3H2,1-2H3;1-2H3. The van der Waals surface area contributed by atoms with Crippen LogP contribution in [0.5, 0.6) is 0 Å². The second-order valence-corrected chi connectivity index (χ2v) is 6.06. The van der Waals surface area contributed by atoms with Gasteiger partial charge in [-0.15, -0.1) is 0 Å². The van der Waals surface area contributed by atoms with Crippen LogP contribution in [-0.4, -0.2) is 30.3 Å². The maximum absolute atomic E-state index is 12.0. The second kappa shape index (κ2) is 18.0. The van der Waals surface area contributed by atoms with Gasteiger partial charge in [-0.25, -0.2) is 0 Å². The van der Waals surface area contributed by atoms with Crippen molar-refractivity contribution in [2.75, 3.05) is 11.9 Å². The molecule has 0 aliphatic rings. The quantitative estimate of drug-likeness (QED) is 0.622. The zero-order chi connectivity index (χ0) is 21.9. The smallest absolute Gasteiger partial charge is 0.246 e. The Bertz CT molecular complexity index is 557. The highest BCUT2D eigenvalue weighted by Crippen LogP contribution is 2.10. The molecule has 1 aromatic carbocycles. The third kappa shape index (κ3) is 13.8. The van der Waals surface area contributed by atoms with E-state index in [0.29, 0.717) is 12.1 Å². The average Bonchev–Trinajstić information content (AvgIpc) is 2.69. The summed E-state index contributed by atoms with van der Waals surface area (Å²) in [7, 11) is 0. The molecule has 0 aromatic heterocycles. The topological polar surface area (TPSA) is 87.3 Å². The molecule has 0 radical (unpaired) electrons. The molecule has 1 unspecified atom stereocenters. The largest absolute Gasteiger partial charge is 0.347 e. The van der Waals surface area contributed by atoms with Crippen molar-refractivity contribution in [1.82, 2.24) is 10.6 Å². The predicted octanol–water partition coefficient (Wildman–Crippen LogP) is 4.05. The van der Waals surface area contributed by atoms with Gasteiger partial charge in [0.2, 0.25) is 17.7 Å². The Labute approximate surface area is 170 Å². The lowest BCUT2D eigenvalue weighted by Gasteiger charge is -2.14. The van der Waals surface area contributed by atoms with Crippen LogP contribution in [0.1, 0.15) is 73.3 Å². The first-order valence-electron chi connectivity index (χ1n) is 10.3. The summed E-state index contributed by atoms with van der Waals surface area (Å²) in [6, 6.07) is 6.87. The van der Waals surface area contributed by atoms with Gasteiger partial charge in [0.1, 0.15) is 6.04 Å². The van der Waals surface area contributed by atoms with Gasteiger partial charge < -0.3 is 16.0 Å². The molecule has 1 atom stereocenters. The number of carbonyl (C=O) groups excluding carboxylic acids is 3. The molecule has 0 saturated carbocycles. The van der Waals surface area contributed by atoms with Crippen LogP contribution in [-0.2, 0) is 20.8 Å². The van der Waals surface area contributed by atoms with Crippen LogP contribution in [0.2, 0.25) is 0 Å². The number of carbonyl (C=O) groups is 3. The third-order valence-corrected chi connectivity index (χ3v) is 3.32. The Morgan fingerprint density at radius 3 is 1.93 bits per heavy atom. The number of amides is 3. The van der Waals surface area contributed by atoms with Crippen LogP contribution in [0, 0.1) is 0 Å². The van der Waals surface area contributed by atoms with Gasteiger partial charge in [-0.2, -0.15) is 0 Å². The molecule has 0 heterocycles. The number of hydrogen-bond donors (Lipinski definition) is 3. The van der Waals surface area contributed by atoms with Gasteiger partial charge in [0, 0.05) is 12.1 Å². The summed E-state index contributed by atoms with van der Waals surface area (Å²) in [4.78, 5) is 35.0. The first-order chi connectivity index (χ1) is 13.4. The molecule has 1 rings (SSSR count). The van der Waals surface area contributed by atoms with E-state index in [-0.39, 0.29) is 18.4 Å². The lowest BCUT2D eigenvalue weighted by atomic mass is 10.1. The van der Waals surface area contributed by atoms with Gasteiger partial charge >= 0.3 is 0 Å². The molecule has 0 aliphatic carbocycles. The van der Waals surface area contributed by atoms with E-state index in [4.69, 9.17) is 0 Å². The summed E-state index contributed by atoms with van der Waals surface area (Å²) >= 11 is 0. The Balaban J connectivity index is 0. The molecule has 3 N–H and O–H groups in total. The van der Waals surface area contributed by atoms with Crippen LogP contribution in [0.25, 0.3) is 0 Å². The molecule has 6 nitrogen and oxygen atoms in total. The number of benzene rings is 1. The SMILES string of the molecule is CC.CCC.CCCC(=O)NCC(=O)NC(C)C(=O)Nc1ccc(CC)cc1. The minimum absolute atomic E-state index is 0.123. The fourth-order valence-electron chi connectivity index (χ4n) is 1.93. The zero-order valence-electron chi connectivity index (χ0n) is 18.6. The van der Waals surface area contributed by atoms with Crippen molar-refractivity contribution in [3.8, 4) is 0 Å². The molecule has 0 saturated heterocycles. The Kier molecular flexibility index (Phi) is 17.9. The molecule has 28 heavy (non-hydrogen) atoms. The van der Waals surface area contributed by atoms with Crippen molar-refractivity contribution in [1.29, 1.82) is 0 Å². The highest BCUT2D eigenvalue weighted by atomic mass is 16.2. The minimum atomic E-state index is -0.684. The Morgan fingerprint density at radius 1 is 0.929 bits per heavy atom. The van der Waals surface area contributed by atoms with E-state index >= 15 is 0 Å². The summed E-state index contributed by atoms with van der Waals surface area (Å²) in [6.45, 7) is 13.7. The maximum atomic E-state index is 12.0. The monoisotopic (exact) mass is 393 g/mol. The molecule has 6 heteroatoms. The molecule has 0 aliphatic heterocycles. The molecule has 0 spiro atoms. The number of nitrogens with one attached hydrogen (secondary N) is 3. The predicted molar refractivity (Wildman–Crippen MR) is 117 cm³/mol. The van der Waals surface area contributed by atoms with E-state index in [2.05, 4.69) is 36.7 Å². The molecule has 3 amide bonds. The number of hydrogen-bond acceptors (Lipinski definition) is 3. The number of aryl methyl sites for hydroxylation is 1. The van der Waals surface area contributed by atoms with Crippen molar-refractivity contribution >= 4 is 23.4 Å². The summed E-state index contributed by atoms with van der Waals surface area (Å²) in [6.07, 6.45) is 3.30. The van der Waals surface area contributed by atoms with Gasteiger partial charge in [-0.1, -0.05) is 60.1 Å². The van der Waals surface area contributed by atoms with Crippen molar-refractivity contribution in [3.63, 3.8) is 0 Å². The van der Waals surface area contributed by atoms with Gasteiger partial charge in [0.25, 0.3) is 0 Å². The van der Waals surface area contributed by atoms with Crippen LogP contribution >= 0.6 is 0 Å². The summed E-state index contributed by atoms with van der Waals surface area (Å²) in [5.41, 5.74) is 1.87. The zero-order valence-corrected chi connectivity index (χ0v) is 18.6. The highest BCUT2D eigenvalue weighted by Gasteiger charge is 2.16. The number of rotatable bonds is 8. The number of anilines is 1. The van der Waals surface area contributed by atoms with Gasteiger partial charge in [0.05, 0.1) is 6.54 Å². The fraction of sp³-hybridized carbons (Fsp3) is 0.591. The van der Waals surface area contributed by atoms with Crippen molar-refractivity contribution < 1.29 is 14.4 Å². The van der Waals surface area contributed by atoms with Crippen molar-refractivity contribution in [2.45, 2.75) is 80.2 Å². The lowest BCUT2D eigenvalue weighted by molar-refractivity contribution is -0.128. The van der Waals surface area contributed by atoms with Gasteiger partial charge in [0.15, 0.2) is 0 Å². The van der Waals surface area contributed by atoms with Gasteiger partial charge in [-0.05, 0) is 37.5 Å². The van der Waals surface area contributed by atoms with E-state index in [1.807, 2.05) is 45.0 Å². The van der Waals surface area contributed by atoms with E-state index in [1.54, 1.807) is 6.92 Å². The molecule has 160 valence electrons. The molecular weight excluding hydrogens is 354 g/mol. The van der Waals surface area contributed by atoms with Crippen LogP contribution in [0.15, 0.2) is 24.3 Å². The molecule has 0 fully saturated rings. The van der Waals surface area contributed by atoms with Crippen LogP contribution in [0.4, 0.5) is 5.69 Å². The third-order valence-electron chi connectivity index (χ3n) is 3.32. The molecular formula is C22H39N3O3. The molecule has 1 aromatic rings. The van der Waals surface area contributed by atoms with E-state index in [0.717, 1.165) is 12.8 Å². The summed E-state index contributed by atoms with van der Waals surface area (Å²) in [5, 5.41) is 7.80. The minimum Gasteiger partial charge on any atom is -0.347 e. The first kappa shape index (κ1) is 27.8. The Hall–Kier alpha value is -2.37. The van der Waals surface area contributed by atoms with Crippen molar-refractivity contribution in [3.05, 3.63) is 29.8 Å². The van der Waals surface area contributed by atoms with E-state index in [9.17, 15) is 14.4 Å². The van der Waals surface area contributed by atoms with E-state index in [1.165, 1.54) is 12.0 Å². The lowest BCUT2D eigenvalue weighted by Crippen LogP contribution is -2.45. The Morgan fingerprint density at radius 2 is 1.46 bits per heavy atom. The normalized spacial score (nSPS) is 10.2. The van der Waals surface area contributed by atoms with Crippen LogP contribution < -0.4 is 16.0 Å². The summed E-state index contributed by atoms with van der Waals surface area (Å²) < 4.78 is 0. The fourth-order valence-corrected chi connectivity index (χ4v) is 1.93. The highest BCUT2D eigenvalue weighted by molar-refractivity contribution is 5.97. The second-order valence-electron chi connectivity index (χ2n) is 6.06. The molecule has 0 bridgehead atoms. The van der Waals surface area contributed by atoms with E-state index < -0.39 is 11.9 Å². The average molecular weight is 394 g/mol.